The molecule has 0 atom stereocenters. The Kier molecular flexibility index (Phi) is 3.50. The van der Waals surface area contributed by atoms with E-state index in [-0.39, 0.29) is 11.1 Å². The molecule has 23 heavy (non-hydrogen) atoms. The van der Waals surface area contributed by atoms with Crippen molar-refractivity contribution in [1.82, 2.24) is 9.78 Å². The lowest BCUT2D eigenvalue weighted by atomic mass is 10.2. The number of H-pyrrole nitrogens is 1. The first kappa shape index (κ1) is 14.6. The van der Waals surface area contributed by atoms with Crippen molar-refractivity contribution in [2.24, 2.45) is 0 Å². The van der Waals surface area contributed by atoms with Gasteiger partial charge in [-0.3, -0.25) is 9.89 Å². The molecule has 0 aliphatic heterocycles. The number of furan rings is 1. The van der Waals surface area contributed by atoms with Crippen LogP contribution < -0.4 is 21.2 Å². The first-order valence-electron chi connectivity index (χ1n) is 6.85. The predicted octanol–water partition coefficient (Wildman–Crippen LogP) is -0.330. The van der Waals surface area contributed by atoms with Gasteiger partial charge in [0.2, 0.25) is 0 Å². The van der Waals surface area contributed by atoms with Crippen LogP contribution in [0.15, 0.2) is 45.6 Å². The smallest absolute Gasteiger partial charge is 0.279 e. The van der Waals surface area contributed by atoms with Crippen molar-refractivity contribution in [2.45, 2.75) is 6.92 Å². The van der Waals surface area contributed by atoms with Crippen LogP contribution in [0, 0.1) is 6.92 Å². The van der Waals surface area contributed by atoms with E-state index in [9.17, 15) is 14.7 Å². The number of benzene rings is 1. The fraction of sp³-hybridized carbons (Fsp3) is 0.0588. The molecular formula is C17H13N2O4-. The molecule has 3 rings (SSSR count). The molecule has 0 aliphatic rings. The number of hydrogen-bond donors (Lipinski definition) is 1. The van der Waals surface area contributed by atoms with Crippen molar-refractivity contribution in [2.75, 3.05) is 0 Å². The molecule has 116 valence electrons. The third-order valence-electron chi connectivity index (χ3n) is 3.39. The van der Waals surface area contributed by atoms with Gasteiger partial charge in [0.05, 0.1) is 22.2 Å². The number of carbonyl (C=O) groups excluding carboxylic acids is 1. The van der Waals surface area contributed by atoms with Crippen LogP contribution in [0.25, 0.3) is 18.3 Å². The van der Waals surface area contributed by atoms with Crippen molar-refractivity contribution >= 4 is 18.6 Å². The molecule has 0 saturated carbocycles. The van der Waals surface area contributed by atoms with Crippen LogP contribution in [0.1, 0.15) is 21.9 Å². The van der Waals surface area contributed by atoms with Gasteiger partial charge in [-0.05, 0) is 42.8 Å². The lowest BCUT2D eigenvalue weighted by molar-refractivity contribution is -0.255. The van der Waals surface area contributed by atoms with E-state index in [0.29, 0.717) is 22.0 Å². The number of aryl methyl sites for hydroxylation is 1. The Hall–Kier alpha value is -3.28. The molecule has 0 aliphatic carbocycles. The standard InChI is InChI=1S/C17H14N2O4/c1-10-6-7-14(23-10)9-15-11(2)18-19(16(15)20)13-5-3-4-12(8-13)17(21)22/h3-9,18H,2H2,1H3,(H,21,22)/p-1/b15-9+. The van der Waals surface area contributed by atoms with E-state index < -0.39 is 5.97 Å². The molecule has 0 spiro atoms. The van der Waals surface area contributed by atoms with Gasteiger partial charge in [0.25, 0.3) is 5.56 Å². The second-order valence-corrected chi connectivity index (χ2v) is 5.08. The summed E-state index contributed by atoms with van der Waals surface area (Å²) in [5.41, 5.74) is 0.0261. The van der Waals surface area contributed by atoms with Crippen LogP contribution >= 0.6 is 0 Å². The van der Waals surface area contributed by atoms with Crippen LogP contribution in [0.2, 0.25) is 0 Å². The number of carbonyl (C=O) groups is 1. The highest BCUT2D eigenvalue weighted by Gasteiger charge is 2.06. The highest BCUT2D eigenvalue weighted by atomic mass is 16.4. The molecule has 0 amide bonds. The van der Waals surface area contributed by atoms with Crippen molar-refractivity contribution < 1.29 is 14.3 Å². The van der Waals surface area contributed by atoms with Crippen molar-refractivity contribution in [1.29, 1.82) is 0 Å². The van der Waals surface area contributed by atoms with Crippen LogP contribution in [0.3, 0.4) is 0 Å². The Labute approximate surface area is 130 Å². The first-order valence-corrected chi connectivity index (χ1v) is 6.85. The van der Waals surface area contributed by atoms with E-state index in [1.54, 1.807) is 24.3 Å². The molecule has 1 aromatic carbocycles. The number of aromatic nitrogens is 2. The lowest BCUT2D eigenvalue weighted by Gasteiger charge is -2.05. The zero-order valence-corrected chi connectivity index (χ0v) is 12.3. The van der Waals surface area contributed by atoms with E-state index in [0.717, 1.165) is 5.76 Å². The average molecular weight is 309 g/mol. The quantitative estimate of drug-likeness (QED) is 0.717. The largest absolute Gasteiger partial charge is 0.545 e. The number of aromatic amines is 1. The Morgan fingerprint density at radius 1 is 1.35 bits per heavy atom. The molecule has 6 nitrogen and oxygen atoms in total. The number of rotatable bonds is 3. The summed E-state index contributed by atoms with van der Waals surface area (Å²) in [6.07, 6.45) is 1.59. The average Bonchev–Trinajstić information content (AvgIpc) is 3.05. The highest BCUT2D eigenvalue weighted by Crippen LogP contribution is 2.07. The van der Waals surface area contributed by atoms with Crippen molar-refractivity contribution in [3.63, 3.8) is 0 Å². The molecule has 0 radical (unpaired) electrons. The van der Waals surface area contributed by atoms with Gasteiger partial charge in [-0.25, -0.2) is 4.68 Å². The van der Waals surface area contributed by atoms with Gasteiger partial charge in [0.1, 0.15) is 11.5 Å². The van der Waals surface area contributed by atoms with Gasteiger partial charge < -0.3 is 14.3 Å². The molecule has 2 aromatic heterocycles. The van der Waals surface area contributed by atoms with Gasteiger partial charge >= 0.3 is 0 Å². The predicted molar refractivity (Wildman–Crippen MR) is 82.5 cm³/mol. The third-order valence-corrected chi connectivity index (χ3v) is 3.39. The SMILES string of the molecule is C=c1[nH]n(-c2cccc(C(=O)[O-])c2)c(=O)/c1=C/c1ccc(C)o1. The number of carboxylic acid groups (broad SMARTS) is 1. The fourth-order valence-electron chi connectivity index (χ4n) is 2.27. The van der Waals surface area contributed by atoms with E-state index in [1.165, 1.54) is 22.9 Å². The number of hydrogen-bond acceptors (Lipinski definition) is 4. The third kappa shape index (κ3) is 2.74. The summed E-state index contributed by atoms with van der Waals surface area (Å²) in [7, 11) is 0. The Morgan fingerprint density at radius 2 is 2.13 bits per heavy atom. The Morgan fingerprint density at radius 3 is 2.78 bits per heavy atom. The molecule has 0 saturated heterocycles. The molecule has 3 aromatic rings. The monoisotopic (exact) mass is 309 g/mol. The van der Waals surface area contributed by atoms with Crippen LogP contribution in [0.5, 0.6) is 0 Å². The van der Waals surface area contributed by atoms with Crippen LogP contribution in [-0.2, 0) is 0 Å². The van der Waals surface area contributed by atoms with Crippen LogP contribution in [-0.4, -0.2) is 15.7 Å². The maximum absolute atomic E-state index is 12.5. The maximum Gasteiger partial charge on any atom is 0.279 e. The van der Waals surface area contributed by atoms with E-state index in [1.807, 2.05) is 6.92 Å². The van der Waals surface area contributed by atoms with E-state index in [2.05, 4.69) is 11.7 Å². The minimum absolute atomic E-state index is 0.0122. The zero-order valence-electron chi connectivity index (χ0n) is 12.3. The van der Waals surface area contributed by atoms with Crippen molar-refractivity contribution in [3.05, 3.63) is 74.4 Å². The Bertz CT molecular complexity index is 1050. The van der Waals surface area contributed by atoms with E-state index in [4.69, 9.17) is 4.42 Å². The molecule has 0 fully saturated rings. The Balaban J connectivity index is 2.17. The molecule has 6 heteroatoms. The number of nitrogens with one attached hydrogen (secondary N) is 1. The normalized spacial score (nSPS) is 11.8. The second kappa shape index (κ2) is 5.49. The number of nitrogens with zero attached hydrogens (tertiary/aromatic N) is 1. The molecule has 2 heterocycles. The molecule has 0 unspecified atom stereocenters. The summed E-state index contributed by atoms with van der Waals surface area (Å²) < 4.78 is 6.66. The van der Waals surface area contributed by atoms with Crippen LogP contribution in [0.4, 0.5) is 0 Å². The summed E-state index contributed by atoms with van der Waals surface area (Å²) >= 11 is 0. The van der Waals surface area contributed by atoms with Gasteiger partial charge in [0, 0.05) is 0 Å². The lowest BCUT2D eigenvalue weighted by Crippen LogP contribution is -2.34. The summed E-state index contributed by atoms with van der Waals surface area (Å²) in [5, 5.41) is 14.5. The van der Waals surface area contributed by atoms with Gasteiger partial charge in [-0.1, -0.05) is 18.7 Å². The fourth-order valence-corrected chi connectivity index (χ4v) is 2.27. The summed E-state index contributed by atoms with van der Waals surface area (Å²) in [5.74, 6) is -0.0299. The van der Waals surface area contributed by atoms with Crippen molar-refractivity contribution in [3.8, 4) is 5.69 Å². The maximum atomic E-state index is 12.5. The minimum Gasteiger partial charge on any atom is -0.545 e. The van der Waals surface area contributed by atoms with E-state index >= 15 is 0 Å². The summed E-state index contributed by atoms with van der Waals surface area (Å²) in [6.45, 7) is 5.62. The number of carboxylic acids is 1. The summed E-state index contributed by atoms with van der Waals surface area (Å²) in [4.78, 5) is 23.5. The molecular weight excluding hydrogens is 296 g/mol. The van der Waals surface area contributed by atoms with Gasteiger partial charge in [0.15, 0.2) is 0 Å². The first-order chi connectivity index (χ1) is 11.0. The molecule has 1 N–H and O–H groups in total. The van der Waals surface area contributed by atoms with Gasteiger partial charge in [-0.2, -0.15) is 0 Å². The number of aromatic carboxylic acids is 1. The van der Waals surface area contributed by atoms with Gasteiger partial charge in [-0.15, -0.1) is 0 Å². The second-order valence-electron chi connectivity index (χ2n) is 5.08. The summed E-state index contributed by atoms with van der Waals surface area (Å²) in [6, 6.07) is 9.45. The molecule has 0 bridgehead atoms. The highest BCUT2D eigenvalue weighted by molar-refractivity contribution is 5.86. The topological polar surface area (TPSA) is 91.1 Å². The zero-order chi connectivity index (χ0) is 16.6. The minimum atomic E-state index is -1.31.